The lowest BCUT2D eigenvalue weighted by Gasteiger charge is -2.31. The molecule has 1 saturated heterocycles. The molecule has 1 aromatic rings. The zero-order chi connectivity index (χ0) is 18.0. The van der Waals surface area contributed by atoms with E-state index in [1.807, 2.05) is 0 Å². The van der Waals surface area contributed by atoms with Gasteiger partial charge in [-0.15, -0.1) is 0 Å². The Balaban J connectivity index is 1.69. The molecule has 2 N–H and O–H groups in total. The van der Waals surface area contributed by atoms with Crippen LogP contribution in [0.15, 0.2) is 24.3 Å². The minimum atomic E-state index is -0.437. The molecule has 1 saturated carbocycles. The molecule has 2 aliphatic rings. The molecule has 1 aliphatic carbocycles. The third kappa shape index (κ3) is 3.90. The number of carbonyl (C=O) groups is 3. The van der Waals surface area contributed by atoms with Crippen molar-refractivity contribution >= 4 is 29.1 Å². The first-order valence-corrected chi connectivity index (χ1v) is 8.96. The summed E-state index contributed by atoms with van der Waals surface area (Å²) in [4.78, 5) is 37.4. The molecule has 3 rings (SSSR count). The second kappa shape index (κ2) is 7.35. The summed E-state index contributed by atoms with van der Waals surface area (Å²) in [6.07, 6.45) is 4.84. The molecule has 3 amide bonds. The Morgan fingerprint density at radius 1 is 1.12 bits per heavy atom. The number of carbonyl (C=O) groups excluding carboxylic acids is 3. The molecule has 6 nitrogen and oxygen atoms in total. The summed E-state index contributed by atoms with van der Waals surface area (Å²) in [5.74, 6) is 0.00266. The Hall–Kier alpha value is -2.21. The summed E-state index contributed by atoms with van der Waals surface area (Å²) in [5.41, 5.74) is 1.19. The minimum absolute atomic E-state index is 0.160. The van der Waals surface area contributed by atoms with Crippen molar-refractivity contribution in [3.05, 3.63) is 24.3 Å². The molecule has 6 heteroatoms. The third-order valence-corrected chi connectivity index (χ3v) is 5.12. The van der Waals surface area contributed by atoms with Crippen molar-refractivity contribution in [3.63, 3.8) is 0 Å². The van der Waals surface area contributed by atoms with Gasteiger partial charge in [0.05, 0.1) is 18.2 Å². The number of amides is 3. The van der Waals surface area contributed by atoms with Crippen LogP contribution in [0.2, 0.25) is 0 Å². The van der Waals surface area contributed by atoms with Gasteiger partial charge in [-0.25, -0.2) is 4.90 Å². The van der Waals surface area contributed by atoms with Gasteiger partial charge in [0.1, 0.15) is 0 Å². The van der Waals surface area contributed by atoms with Crippen LogP contribution < -0.4 is 15.5 Å². The molecule has 0 spiro atoms. The fraction of sp³-hybridized carbons (Fsp3) is 0.526. The van der Waals surface area contributed by atoms with Gasteiger partial charge in [-0.1, -0.05) is 19.8 Å². The lowest BCUT2D eigenvalue weighted by Crippen LogP contribution is -2.47. The molecule has 0 radical (unpaired) electrons. The second-order valence-electron chi connectivity index (χ2n) is 7.09. The molecule has 0 bridgehead atoms. The smallest absolute Gasteiger partial charge is 0.251 e. The van der Waals surface area contributed by atoms with E-state index in [4.69, 9.17) is 0 Å². The standard InChI is InChI=1S/C19H25N3O3/c1-12-5-3-4-6-16(12)21-17-11-18(24)22(19(17)25)15-9-7-14(8-10-15)20-13(2)23/h7-10,12,16-17,21H,3-6,11H2,1-2H3,(H,20,23)/t12-,16-,17+/m1/s1. The van der Waals surface area contributed by atoms with E-state index in [2.05, 4.69) is 17.6 Å². The SMILES string of the molecule is CC(=O)Nc1ccc(N2C(=O)C[C@H](N[C@@H]3CCCC[C@H]3C)C2=O)cc1. The number of hydrogen-bond donors (Lipinski definition) is 2. The average molecular weight is 343 g/mol. The fourth-order valence-electron chi connectivity index (χ4n) is 3.75. The zero-order valence-corrected chi connectivity index (χ0v) is 14.7. The maximum absolute atomic E-state index is 12.7. The van der Waals surface area contributed by atoms with Crippen LogP contribution in [0.25, 0.3) is 0 Å². The summed E-state index contributed by atoms with van der Waals surface area (Å²) < 4.78 is 0. The maximum Gasteiger partial charge on any atom is 0.251 e. The van der Waals surface area contributed by atoms with Crippen molar-refractivity contribution in [3.8, 4) is 0 Å². The summed E-state index contributed by atoms with van der Waals surface area (Å²) in [6.45, 7) is 3.64. The van der Waals surface area contributed by atoms with Gasteiger partial charge in [0, 0.05) is 18.7 Å². The van der Waals surface area contributed by atoms with Gasteiger partial charge in [0.15, 0.2) is 0 Å². The largest absolute Gasteiger partial charge is 0.326 e. The van der Waals surface area contributed by atoms with Crippen LogP contribution in [-0.4, -0.2) is 29.8 Å². The number of imide groups is 1. The van der Waals surface area contributed by atoms with E-state index in [-0.39, 0.29) is 24.1 Å². The maximum atomic E-state index is 12.7. The van der Waals surface area contributed by atoms with Crippen molar-refractivity contribution in [2.24, 2.45) is 5.92 Å². The highest BCUT2D eigenvalue weighted by molar-refractivity contribution is 6.22. The average Bonchev–Trinajstić information content (AvgIpc) is 2.84. The van der Waals surface area contributed by atoms with E-state index in [1.165, 1.54) is 31.1 Å². The topological polar surface area (TPSA) is 78.5 Å². The normalized spacial score (nSPS) is 26.8. The fourth-order valence-corrected chi connectivity index (χ4v) is 3.75. The number of rotatable bonds is 4. The van der Waals surface area contributed by atoms with E-state index in [0.717, 1.165) is 6.42 Å². The molecule has 1 heterocycles. The Morgan fingerprint density at radius 2 is 1.80 bits per heavy atom. The van der Waals surface area contributed by atoms with E-state index in [1.54, 1.807) is 24.3 Å². The Labute approximate surface area is 148 Å². The van der Waals surface area contributed by atoms with Gasteiger partial charge in [-0.2, -0.15) is 0 Å². The predicted octanol–water partition coefficient (Wildman–Crippen LogP) is 2.45. The van der Waals surface area contributed by atoms with E-state index in [0.29, 0.717) is 23.3 Å². The van der Waals surface area contributed by atoms with Crippen LogP contribution in [0.5, 0.6) is 0 Å². The van der Waals surface area contributed by atoms with Gasteiger partial charge < -0.3 is 10.6 Å². The highest BCUT2D eigenvalue weighted by Gasteiger charge is 2.41. The molecule has 0 unspecified atom stereocenters. The summed E-state index contributed by atoms with van der Waals surface area (Å²) in [7, 11) is 0. The van der Waals surface area contributed by atoms with Crippen molar-refractivity contribution in [2.75, 3.05) is 10.2 Å². The van der Waals surface area contributed by atoms with Crippen LogP contribution >= 0.6 is 0 Å². The van der Waals surface area contributed by atoms with Gasteiger partial charge in [-0.3, -0.25) is 14.4 Å². The molecule has 0 aromatic heterocycles. The summed E-state index contributed by atoms with van der Waals surface area (Å²) in [5, 5.41) is 6.09. The van der Waals surface area contributed by atoms with Crippen molar-refractivity contribution in [1.29, 1.82) is 0 Å². The number of nitrogens with zero attached hydrogens (tertiary/aromatic N) is 1. The second-order valence-corrected chi connectivity index (χ2v) is 7.09. The van der Waals surface area contributed by atoms with Crippen molar-refractivity contribution in [1.82, 2.24) is 5.32 Å². The van der Waals surface area contributed by atoms with E-state index >= 15 is 0 Å². The molecule has 1 aromatic carbocycles. The molecule has 134 valence electrons. The monoisotopic (exact) mass is 343 g/mol. The number of benzene rings is 1. The lowest BCUT2D eigenvalue weighted by molar-refractivity contribution is -0.122. The first-order chi connectivity index (χ1) is 12.0. The van der Waals surface area contributed by atoms with Crippen LogP contribution in [0.1, 0.15) is 46.0 Å². The quantitative estimate of drug-likeness (QED) is 0.823. The number of hydrogen-bond acceptors (Lipinski definition) is 4. The van der Waals surface area contributed by atoms with Crippen molar-refractivity contribution < 1.29 is 14.4 Å². The lowest BCUT2D eigenvalue weighted by atomic mass is 9.85. The first kappa shape index (κ1) is 17.6. The molecule has 3 atom stereocenters. The van der Waals surface area contributed by atoms with Crippen LogP contribution in [0, 0.1) is 5.92 Å². The summed E-state index contributed by atoms with van der Waals surface area (Å²) in [6, 6.07) is 6.63. The van der Waals surface area contributed by atoms with Gasteiger partial charge in [-0.05, 0) is 43.0 Å². The first-order valence-electron chi connectivity index (χ1n) is 8.96. The summed E-state index contributed by atoms with van der Waals surface area (Å²) >= 11 is 0. The van der Waals surface area contributed by atoms with Gasteiger partial charge in [0.2, 0.25) is 11.8 Å². The highest BCUT2D eigenvalue weighted by atomic mass is 16.2. The molecule has 25 heavy (non-hydrogen) atoms. The Morgan fingerprint density at radius 3 is 2.44 bits per heavy atom. The van der Waals surface area contributed by atoms with E-state index in [9.17, 15) is 14.4 Å². The van der Waals surface area contributed by atoms with Crippen LogP contribution in [0.4, 0.5) is 11.4 Å². The Kier molecular flexibility index (Phi) is 5.18. The van der Waals surface area contributed by atoms with Crippen LogP contribution in [-0.2, 0) is 14.4 Å². The molecule has 1 aliphatic heterocycles. The van der Waals surface area contributed by atoms with E-state index < -0.39 is 6.04 Å². The minimum Gasteiger partial charge on any atom is -0.326 e. The van der Waals surface area contributed by atoms with Gasteiger partial charge in [0.25, 0.3) is 5.91 Å². The van der Waals surface area contributed by atoms with Crippen LogP contribution in [0.3, 0.4) is 0 Å². The molecule has 2 fully saturated rings. The third-order valence-electron chi connectivity index (χ3n) is 5.12. The van der Waals surface area contributed by atoms with Gasteiger partial charge >= 0.3 is 0 Å². The predicted molar refractivity (Wildman–Crippen MR) is 96.2 cm³/mol. The zero-order valence-electron chi connectivity index (χ0n) is 14.7. The molecular weight excluding hydrogens is 318 g/mol. The molecular formula is C19H25N3O3. The number of nitrogens with one attached hydrogen (secondary N) is 2. The van der Waals surface area contributed by atoms with Crippen molar-refractivity contribution in [2.45, 2.75) is 58.0 Å². The number of anilines is 2. The Bertz CT molecular complexity index is 671. The highest BCUT2D eigenvalue weighted by Crippen LogP contribution is 2.28.